The van der Waals surface area contributed by atoms with E-state index in [1.807, 2.05) is 42.4 Å². The maximum atomic E-state index is 13.5. The maximum absolute atomic E-state index is 13.5. The minimum absolute atomic E-state index is 0.0134. The highest BCUT2D eigenvalue weighted by Gasteiger charge is 2.22. The molecule has 1 atom stereocenters. The van der Waals surface area contributed by atoms with Gasteiger partial charge in [0.25, 0.3) is 0 Å². The van der Waals surface area contributed by atoms with Crippen LogP contribution in [0.2, 0.25) is 0 Å². The molecular formula is C38H54N4OS5. The standard InChI is InChI=1S/C27H42N2OS3.C11H12N2S2/c1-5-7-9-11-12-13-17-22(33-19-14-10-8-6-2)27(30)29-26-21-16-15-18-28-25(21)23(31-3)20-24(26)32-4;1-14-8-6-9(15-2)11-7(10(8)12)4-3-5-13-11/h15-16,18,20,22H,5-14,17,19H2,1-4H3,(H,29,30);3-6H,12H2,1-2H3. The zero-order valence-electron chi connectivity index (χ0n) is 29.6. The Balaban J connectivity index is 0.000000344. The van der Waals surface area contributed by atoms with Crippen molar-refractivity contribution in [1.29, 1.82) is 0 Å². The molecule has 0 aliphatic carbocycles. The summed E-state index contributed by atoms with van der Waals surface area (Å²) >= 11 is 8.63. The Kier molecular flexibility index (Phi) is 19.4. The maximum Gasteiger partial charge on any atom is 0.237 e. The molecule has 0 saturated heterocycles. The van der Waals surface area contributed by atoms with Crippen molar-refractivity contribution >= 4 is 97.9 Å². The van der Waals surface area contributed by atoms with Gasteiger partial charge in [-0.15, -0.1) is 58.8 Å². The molecule has 0 radical (unpaired) electrons. The van der Waals surface area contributed by atoms with Crippen LogP contribution in [0.25, 0.3) is 21.8 Å². The first-order valence-corrected chi connectivity index (χ1v) is 23.1. The van der Waals surface area contributed by atoms with Crippen LogP contribution in [-0.4, -0.2) is 51.9 Å². The molecule has 10 heteroatoms. The zero-order chi connectivity index (χ0) is 34.7. The number of anilines is 2. The summed E-state index contributed by atoms with van der Waals surface area (Å²) in [5.41, 5.74) is 9.81. The molecule has 1 unspecified atom stereocenters. The van der Waals surface area contributed by atoms with Gasteiger partial charge in [-0.3, -0.25) is 14.8 Å². The van der Waals surface area contributed by atoms with Crippen LogP contribution in [0, 0.1) is 0 Å². The molecule has 5 nitrogen and oxygen atoms in total. The normalized spacial score (nSPS) is 11.8. The number of nitrogen functional groups attached to an aromatic ring is 1. The molecule has 2 aromatic heterocycles. The van der Waals surface area contributed by atoms with Gasteiger partial charge in [0, 0.05) is 42.7 Å². The van der Waals surface area contributed by atoms with Crippen LogP contribution in [0.5, 0.6) is 0 Å². The zero-order valence-corrected chi connectivity index (χ0v) is 33.7. The minimum atomic E-state index is 0.0134. The summed E-state index contributed by atoms with van der Waals surface area (Å²) in [6.45, 7) is 4.50. The number of nitrogens with two attached hydrogens (primary N) is 1. The fourth-order valence-electron chi connectivity index (χ4n) is 5.54. The molecule has 262 valence electrons. The molecule has 2 heterocycles. The first kappa shape index (κ1) is 40.7. The van der Waals surface area contributed by atoms with Crippen molar-refractivity contribution in [1.82, 2.24) is 9.97 Å². The second kappa shape index (κ2) is 22.9. The molecule has 2 aromatic carbocycles. The number of carbonyl (C=O) groups is 1. The number of pyridine rings is 2. The number of nitrogens with one attached hydrogen (secondary N) is 1. The van der Waals surface area contributed by atoms with Gasteiger partial charge in [0.1, 0.15) is 0 Å². The lowest BCUT2D eigenvalue weighted by Crippen LogP contribution is -2.26. The van der Waals surface area contributed by atoms with Crippen LogP contribution < -0.4 is 11.1 Å². The average molecular weight is 743 g/mol. The highest BCUT2D eigenvalue weighted by atomic mass is 32.2. The van der Waals surface area contributed by atoms with Crippen molar-refractivity contribution in [3.05, 3.63) is 48.8 Å². The molecule has 0 bridgehead atoms. The Morgan fingerprint density at radius 1 is 0.708 bits per heavy atom. The van der Waals surface area contributed by atoms with E-state index in [-0.39, 0.29) is 11.2 Å². The van der Waals surface area contributed by atoms with Crippen LogP contribution in [-0.2, 0) is 4.79 Å². The summed E-state index contributed by atoms with van der Waals surface area (Å²) in [6.07, 6.45) is 25.4. The largest absolute Gasteiger partial charge is 0.397 e. The van der Waals surface area contributed by atoms with Gasteiger partial charge >= 0.3 is 0 Å². The van der Waals surface area contributed by atoms with E-state index >= 15 is 0 Å². The second-order valence-electron chi connectivity index (χ2n) is 11.6. The number of nitrogens with zero attached hydrogens (tertiary/aromatic N) is 2. The fourth-order valence-corrected chi connectivity index (χ4v) is 9.24. The molecule has 0 aliphatic rings. The Bertz CT molecular complexity index is 1570. The lowest BCUT2D eigenvalue weighted by Gasteiger charge is -2.20. The Morgan fingerprint density at radius 3 is 1.83 bits per heavy atom. The summed E-state index contributed by atoms with van der Waals surface area (Å²) in [5.74, 6) is 1.22. The first-order valence-electron chi connectivity index (χ1n) is 17.1. The first-order chi connectivity index (χ1) is 23.4. The van der Waals surface area contributed by atoms with Crippen LogP contribution in [0.3, 0.4) is 0 Å². The van der Waals surface area contributed by atoms with E-state index in [9.17, 15) is 4.79 Å². The van der Waals surface area contributed by atoms with Gasteiger partial charge in [0.2, 0.25) is 5.91 Å². The van der Waals surface area contributed by atoms with Gasteiger partial charge in [-0.2, -0.15) is 0 Å². The van der Waals surface area contributed by atoms with Crippen molar-refractivity contribution in [3.63, 3.8) is 0 Å². The number of aromatic nitrogens is 2. The van der Waals surface area contributed by atoms with Gasteiger partial charge in [-0.1, -0.05) is 71.6 Å². The summed E-state index contributed by atoms with van der Waals surface area (Å²) < 4.78 is 0. The van der Waals surface area contributed by atoms with E-state index < -0.39 is 0 Å². The van der Waals surface area contributed by atoms with Crippen molar-refractivity contribution < 1.29 is 4.79 Å². The SMILES string of the molecule is CCCCCCCCC(SCCCCCC)C(=O)Nc1c(SC)cc(SC)c2ncccc12.CSc1cc(SC)c2ncccc2c1N. The molecule has 3 N–H and O–H groups in total. The molecule has 0 aliphatic heterocycles. The fraction of sp³-hybridized carbons (Fsp3) is 0.500. The highest BCUT2D eigenvalue weighted by Crippen LogP contribution is 2.39. The topological polar surface area (TPSA) is 80.9 Å². The van der Waals surface area contributed by atoms with Crippen molar-refractivity contribution in [2.75, 3.05) is 41.8 Å². The van der Waals surface area contributed by atoms with Gasteiger partial charge < -0.3 is 11.1 Å². The summed E-state index contributed by atoms with van der Waals surface area (Å²) in [4.78, 5) is 27.1. The molecular weight excluding hydrogens is 689 g/mol. The Labute approximate surface area is 310 Å². The monoisotopic (exact) mass is 742 g/mol. The number of hydrogen-bond acceptors (Lipinski definition) is 9. The number of hydrogen-bond donors (Lipinski definition) is 2. The third kappa shape index (κ3) is 12.0. The molecule has 4 aromatic rings. The number of amides is 1. The third-order valence-electron chi connectivity index (χ3n) is 8.24. The summed E-state index contributed by atoms with van der Waals surface area (Å²) in [5, 5.41) is 5.44. The molecule has 0 saturated carbocycles. The van der Waals surface area contributed by atoms with Crippen LogP contribution >= 0.6 is 58.8 Å². The predicted molar refractivity (Wildman–Crippen MR) is 222 cm³/mol. The average Bonchev–Trinajstić information content (AvgIpc) is 3.12. The number of rotatable bonds is 19. The van der Waals surface area contributed by atoms with Gasteiger partial charge in [0.05, 0.1) is 27.7 Å². The smallest absolute Gasteiger partial charge is 0.237 e. The number of unbranched alkanes of at least 4 members (excludes halogenated alkanes) is 8. The molecule has 0 fully saturated rings. The number of benzene rings is 2. The molecule has 48 heavy (non-hydrogen) atoms. The highest BCUT2D eigenvalue weighted by molar-refractivity contribution is 8.00. The molecule has 1 amide bonds. The predicted octanol–water partition coefficient (Wildman–Crippen LogP) is 12.3. The van der Waals surface area contributed by atoms with E-state index in [4.69, 9.17) is 5.73 Å². The minimum Gasteiger partial charge on any atom is -0.397 e. The van der Waals surface area contributed by atoms with E-state index in [1.54, 1.807) is 53.2 Å². The summed E-state index contributed by atoms with van der Waals surface area (Å²) in [7, 11) is 0. The molecule has 4 rings (SSSR count). The number of carbonyl (C=O) groups excluding carboxylic acids is 1. The number of fused-ring (bicyclic) bond motifs is 2. The van der Waals surface area contributed by atoms with Crippen molar-refractivity contribution in [3.8, 4) is 0 Å². The van der Waals surface area contributed by atoms with Gasteiger partial charge in [0.15, 0.2) is 0 Å². The van der Waals surface area contributed by atoms with Gasteiger partial charge in [-0.25, -0.2) is 0 Å². The van der Waals surface area contributed by atoms with Crippen molar-refractivity contribution in [2.24, 2.45) is 0 Å². The second-order valence-corrected chi connectivity index (χ2v) is 16.3. The third-order valence-corrected chi connectivity index (χ3v) is 12.7. The van der Waals surface area contributed by atoms with Crippen LogP contribution in [0.1, 0.15) is 84.5 Å². The summed E-state index contributed by atoms with van der Waals surface area (Å²) in [6, 6.07) is 12.3. The molecule has 0 spiro atoms. The van der Waals surface area contributed by atoms with Crippen LogP contribution in [0.15, 0.2) is 68.4 Å². The lowest BCUT2D eigenvalue weighted by molar-refractivity contribution is -0.115. The van der Waals surface area contributed by atoms with Gasteiger partial charge in [-0.05, 0) is 80.0 Å². The number of thioether (sulfide) groups is 5. The van der Waals surface area contributed by atoms with Crippen LogP contribution in [0.4, 0.5) is 11.4 Å². The van der Waals surface area contributed by atoms with Crippen molar-refractivity contribution in [2.45, 2.75) is 109 Å². The van der Waals surface area contributed by atoms with E-state index in [2.05, 4.69) is 66.1 Å². The Morgan fingerprint density at radius 2 is 1.23 bits per heavy atom. The van der Waals surface area contributed by atoms with E-state index in [1.165, 1.54) is 62.7 Å². The Hall–Kier alpha value is -1.72. The van der Waals surface area contributed by atoms with E-state index in [0.29, 0.717) is 0 Å². The van der Waals surface area contributed by atoms with E-state index in [0.717, 1.165) is 66.5 Å². The lowest BCUT2D eigenvalue weighted by atomic mass is 10.1. The quantitative estimate of drug-likeness (QED) is 0.0554.